The van der Waals surface area contributed by atoms with E-state index in [4.69, 9.17) is 4.42 Å². The molecule has 0 spiro atoms. The normalized spacial score (nSPS) is 16.9. The quantitative estimate of drug-likeness (QED) is 0.694. The van der Waals surface area contributed by atoms with Gasteiger partial charge in [-0.2, -0.15) is 0 Å². The average Bonchev–Trinajstić information content (AvgIpc) is 2.81. The lowest BCUT2D eigenvalue weighted by atomic mass is 9.99. The van der Waals surface area contributed by atoms with E-state index in [0.29, 0.717) is 22.1 Å². The molecular formula is C18H12FNO3. The summed E-state index contributed by atoms with van der Waals surface area (Å²) in [4.78, 5) is 26.8. The van der Waals surface area contributed by atoms with Crippen molar-refractivity contribution in [2.24, 2.45) is 0 Å². The van der Waals surface area contributed by atoms with Gasteiger partial charge in [0.2, 0.25) is 5.76 Å². The Morgan fingerprint density at radius 2 is 1.74 bits per heavy atom. The van der Waals surface area contributed by atoms with Crippen molar-refractivity contribution in [3.05, 3.63) is 81.5 Å². The molecule has 5 heteroatoms. The van der Waals surface area contributed by atoms with Gasteiger partial charge in [0, 0.05) is 7.05 Å². The number of hydrogen-bond donors (Lipinski definition) is 0. The van der Waals surface area contributed by atoms with Crippen LogP contribution < -0.4 is 5.43 Å². The molecule has 0 bridgehead atoms. The lowest BCUT2D eigenvalue weighted by Gasteiger charge is -2.20. The van der Waals surface area contributed by atoms with Crippen LogP contribution in [0.2, 0.25) is 0 Å². The fourth-order valence-corrected chi connectivity index (χ4v) is 3.07. The van der Waals surface area contributed by atoms with E-state index in [1.807, 2.05) is 0 Å². The van der Waals surface area contributed by atoms with Crippen LogP contribution in [-0.2, 0) is 0 Å². The monoisotopic (exact) mass is 309 g/mol. The zero-order chi connectivity index (χ0) is 16.1. The zero-order valence-electron chi connectivity index (χ0n) is 12.2. The van der Waals surface area contributed by atoms with Crippen molar-refractivity contribution in [3.8, 4) is 0 Å². The molecule has 0 N–H and O–H groups in total. The maximum atomic E-state index is 13.2. The average molecular weight is 309 g/mol. The number of carbonyl (C=O) groups is 1. The second-order valence-electron chi connectivity index (χ2n) is 5.54. The maximum absolute atomic E-state index is 13.2. The third-order valence-corrected chi connectivity index (χ3v) is 4.19. The SMILES string of the molecule is CN1C(=O)c2oc3ccccc3c(=O)c2C1c1ccc(F)cc1. The van der Waals surface area contributed by atoms with Crippen LogP contribution in [0.3, 0.4) is 0 Å². The Balaban J connectivity index is 2.03. The van der Waals surface area contributed by atoms with Crippen LogP contribution in [-0.4, -0.2) is 17.9 Å². The molecular weight excluding hydrogens is 297 g/mol. The standard InChI is InChI=1S/C18H12FNO3/c1-20-15(10-6-8-11(19)9-7-10)14-16(21)12-4-2-3-5-13(12)23-17(14)18(20)22/h2-9,15H,1H3. The minimum atomic E-state index is -0.570. The van der Waals surface area contributed by atoms with E-state index in [9.17, 15) is 14.0 Å². The van der Waals surface area contributed by atoms with Crippen LogP contribution >= 0.6 is 0 Å². The first kappa shape index (κ1) is 13.7. The van der Waals surface area contributed by atoms with E-state index in [0.717, 1.165) is 0 Å². The van der Waals surface area contributed by atoms with Crippen molar-refractivity contribution in [1.29, 1.82) is 0 Å². The second kappa shape index (κ2) is 4.78. The van der Waals surface area contributed by atoms with Gasteiger partial charge in [0.25, 0.3) is 5.91 Å². The predicted molar refractivity (Wildman–Crippen MR) is 82.8 cm³/mol. The van der Waals surface area contributed by atoms with E-state index in [-0.39, 0.29) is 22.9 Å². The summed E-state index contributed by atoms with van der Waals surface area (Å²) in [5, 5.41) is 0.432. The molecule has 4 nitrogen and oxygen atoms in total. The van der Waals surface area contributed by atoms with Crippen molar-refractivity contribution in [1.82, 2.24) is 4.90 Å². The third kappa shape index (κ3) is 1.90. The number of hydrogen-bond acceptors (Lipinski definition) is 3. The van der Waals surface area contributed by atoms with Crippen molar-refractivity contribution in [2.45, 2.75) is 6.04 Å². The van der Waals surface area contributed by atoms with Gasteiger partial charge >= 0.3 is 0 Å². The molecule has 2 aromatic carbocycles. The maximum Gasteiger partial charge on any atom is 0.290 e. The van der Waals surface area contributed by atoms with E-state index < -0.39 is 6.04 Å². The predicted octanol–water partition coefficient (Wildman–Crippen LogP) is 3.11. The smallest absolute Gasteiger partial charge is 0.290 e. The number of para-hydroxylation sites is 1. The molecule has 1 aliphatic heterocycles. The second-order valence-corrected chi connectivity index (χ2v) is 5.54. The summed E-state index contributed by atoms with van der Waals surface area (Å²) in [5.74, 6) is -0.658. The summed E-state index contributed by atoms with van der Waals surface area (Å²) in [6, 6.07) is 12.0. The molecule has 3 aromatic rings. The summed E-state index contributed by atoms with van der Waals surface area (Å²) in [6.07, 6.45) is 0. The molecule has 4 rings (SSSR count). The first-order valence-electron chi connectivity index (χ1n) is 7.16. The Hall–Kier alpha value is -2.95. The highest BCUT2D eigenvalue weighted by atomic mass is 19.1. The Labute approximate surface area is 130 Å². The fourth-order valence-electron chi connectivity index (χ4n) is 3.07. The van der Waals surface area contributed by atoms with E-state index in [2.05, 4.69) is 0 Å². The van der Waals surface area contributed by atoms with Gasteiger partial charge in [-0.1, -0.05) is 24.3 Å². The third-order valence-electron chi connectivity index (χ3n) is 4.19. The number of amides is 1. The minimum absolute atomic E-state index is 0.0607. The molecule has 1 aromatic heterocycles. The molecule has 1 aliphatic rings. The summed E-state index contributed by atoms with van der Waals surface area (Å²) in [7, 11) is 1.61. The number of rotatable bonds is 1. The molecule has 1 unspecified atom stereocenters. The van der Waals surface area contributed by atoms with Gasteiger partial charge in [0.1, 0.15) is 11.4 Å². The lowest BCUT2D eigenvalue weighted by Crippen LogP contribution is -2.25. The van der Waals surface area contributed by atoms with Crippen molar-refractivity contribution < 1.29 is 13.6 Å². The summed E-state index contributed by atoms with van der Waals surface area (Å²) in [6.45, 7) is 0. The minimum Gasteiger partial charge on any atom is -0.450 e. The highest BCUT2D eigenvalue weighted by Gasteiger charge is 2.40. The van der Waals surface area contributed by atoms with Crippen LogP contribution in [0.4, 0.5) is 4.39 Å². The Kier molecular flexibility index (Phi) is 2.84. The van der Waals surface area contributed by atoms with Crippen molar-refractivity contribution in [3.63, 3.8) is 0 Å². The topological polar surface area (TPSA) is 50.5 Å². The molecule has 0 radical (unpaired) electrons. The summed E-state index contributed by atoms with van der Waals surface area (Å²) in [5.41, 5.74) is 1.14. The van der Waals surface area contributed by atoms with Crippen LogP contribution in [0, 0.1) is 5.82 Å². The van der Waals surface area contributed by atoms with Gasteiger partial charge in [-0.15, -0.1) is 0 Å². The van der Waals surface area contributed by atoms with E-state index in [1.165, 1.54) is 17.0 Å². The molecule has 0 aliphatic carbocycles. The number of fused-ring (bicyclic) bond motifs is 2. The molecule has 1 amide bonds. The molecule has 114 valence electrons. The number of benzene rings is 2. The van der Waals surface area contributed by atoms with Crippen LogP contribution in [0.25, 0.3) is 11.0 Å². The first-order chi connectivity index (χ1) is 11.1. The number of carbonyl (C=O) groups excluding carboxylic acids is 1. The largest absolute Gasteiger partial charge is 0.450 e. The first-order valence-corrected chi connectivity index (χ1v) is 7.16. The summed E-state index contributed by atoms with van der Waals surface area (Å²) < 4.78 is 18.8. The number of nitrogens with zero attached hydrogens (tertiary/aromatic N) is 1. The highest BCUT2D eigenvalue weighted by Crippen LogP contribution is 2.36. The highest BCUT2D eigenvalue weighted by molar-refractivity contribution is 5.98. The van der Waals surface area contributed by atoms with Crippen LogP contribution in [0.15, 0.2) is 57.7 Å². The van der Waals surface area contributed by atoms with Gasteiger partial charge in [0.05, 0.1) is 17.0 Å². The van der Waals surface area contributed by atoms with E-state index in [1.54, 1.807) is 43.4 Å². The number of halogens is 1. The van der Waals surface area contributed by atoms with Crippen molar-refractivity contribution >= 4 is 16.9 Å². The van der Waals surface area contributed by atoms with Gasteiger partial charge in [0.15, 0.2) is 5.43 Å². The van der Waals surface area contributed by atoms with Crippen LogP contribution in [0.5, 0.6) is 0 Å². The molecule has 23 heavy (non-hydrogen) atoms. The Morgan fingerprint density at radius 3 is 2.48 bits per heavy atom. The zero-order valence-corrected chi connectivity index (χ0v) is 12.2. The van der Waals surface area contributed by atoms with Gasteiger partial charge in [-0.25, -0.2) is 4.39 Å². The lowest BCUT2D eigenvalue weighted by molar-refractivity contribution is 0.0771. The molecule has 2 heterocycles. The van der Waals surface area contributed by atoms with Crippen molar-refractivity contribution in [2.75, 3.05) is 7.05 Å². The van der Waals surface area contributed by atoms with Gasteiger partial charge in [-0.3, -0.25) is 9.59 Å². The van der Waals surface area contributed by atoms with Gasteiger partial charge < -0.3 is 9.32 Å². The Morgan fingerprint density at radius 1 is 1.04 bits per heavy atom. The summed E-state index contributed by atoms with van der Waals surface area (Å²) >= 11 is 0. The fraction of sp³-hybridized carbons (Fsp3) is 0.111. The van der Waals surface area contributed by atoms with Gasteiger partial charge in [-0.05, 0) is 29.8 Å². The molecule has 0 saturated heterocycles. The molecule has 0 saturated carbocycles. The molecule has 0 fully saturated rings. The molecule has 1 atom stereocenters. The van der Waals surface area contributed by atoms with E-state index >= 15 is 0 Å². The Bertz CT molecular complexity index is 991. The van der Waals surface area contributed by atoms with Crippen LogP contribution in [0.1, 0.15) is 27.7 Å².